The first-order valence-electron chi connectivity index (χ1n) is 8.10. The summed E-state index contributed by atoms with van der Waals surface area (Å²) in [6.07, 6.45) is 0. The van der Waals surface area contributed by atoms with E-state index in [0.29, 0.717) is 11.3 Å². The second-order valence-electron chi connectivity index (χ2n) is 5.66. The fourth-order valence-electron chi connectivity index (χ4n) is 2.44. The molecule has 0 unspecified atom stereocenters. The van der Waals surface area contributed by atoms with Gasteiger partial charge in [-0.15, -0.1) is 11.8 Å². The van der Waals surface area contributed by atoms with E-state index in [9.17, 15) is 9.59 Å². The minimum Gasteiger partial charge on any atom is -0.366 e. The van der Waals surface area contributed by atoms with Crippen molar-refractivity contribution in [3.8, 4) is 0 Å². The summed E-state index contributed by atoms with van der Waals surface area (Å²) < 4.78 is 0. The van der Waals surface area contributed by atoms with Gasteiger partial charge in [0.05, 0.1) is 11.3 Å². The standard InChI is InChI=1S/C21H18N2O2S/c22-20(24)18-8-4-5-9-19(18)23-21(25)16-12-10-15(11-13-16)14-26-17-6-2-1-3-7-17/h1-13H,14H2,(H2,22,24)(H,23,25). The number of nitrogens with one attached hydrogen (secondary N) is 1. The smallest absolute Gasteiger partial charge is 0.255 e. The van der Waals surface area contributed by atoms with E-state index in [0.717, 1.165) is 11.3 Å². The summed E-state index contributed by atoms with van der Waals surface area (Å²) in [5.74, 6) is -0.0219. The Morgan fingerprint density at radius 2 is 1.50 bits per heavy atom. The van der Waals surface area contributed by atoms with Gasteiger partial charge < -0.3 is 11.1 Å². The molecule has 2 amide bonds. The Kier molecular flexibility index (Phi) is 5.71. The van der Waals surface area contributed by atoms with Crippen LogP contribution in [0.2, 0.25) is 0 Å². The van der Waals surface area contributed by atoms with Crippen molar-refractivity contribution in [3.05, 3.63) is 95.6 Å². The van der Waals surface area contributed by atoms with Crippen LogP contribution in [0.3, 0.4) is 0 Å². The highest BCUT2D eigenvalue weighted by molar-refractivity contribution is 7.98. The minimum absolute atomic E-state index is 0.277. The number of hydrogen-bond acceptors (Lipinski definition) is 3. The van der Waals surface area contributed by atoms with Crippen molar-refractivity contribution in [2.45, 2.75) is 10.6 Å². The molecular weight excluding hydrogens is 344 g/mol. The summed E-state index contributed by atoms with van der Waals surface area (Å²) in [6, 6.07) is 24.3. The normalized spacial score (nSPS) is 10.3. The van der Waals surface area contributed by atoms with E-state index >= 15 is 0 Å². The van der Waals surface area contributed by atoms with Crippen LogP contribution in [-0.4, -0.2) is 11.8 Å². The first-order valence-corrected chi connectivity index (χ1v) is 9.09. The predicted octanol–water partition coefficient (Wildman–Crippen LogP) is 4.33. The Balaban J connectivity index is 1.65. The molecule has 0 aliphatic carbocycles. The van der Waals surface area contributed by atoms with Gasteiger partial charge in [0.25, 0.3) is 11.8 Å². The van der Waals surface area contributed by atoms with Gasteiger partial charge in [0.2, 0.25) is 0 Å². The molecule has 0 aliphatic rings. The van der Waals surface area contributed by atoms with Gasteiger partial charge >= 0.3 is 0 Å². The molecule has 0 heterocycles. The van der Waals surface area contributed by atoms with Gasteiger partial charge in [-0.25, -0.2) is 0 Å². The molecule has 26 heavy (non-hydrogen) atoms. The van der Waals surface area contributed by atoms with Crippen molar-refractivity contribution in [2.24, 2.45) is 5.73 Å². The zero-order chi connectivity index (χ0) is 18.4. The fraction of sp³-hybridized carbons (Fsp3) is 0.0476. The van der Waals surface area contributed by atoms with Crippen molar-refractivity contribution < 1.29 is 9.59 Å². The van der Waals surface area contributed by atoms with Crippen LogP contribution in [0, 0.1) is 0 Å². The van der Waals surface area contributed by atoms with E-state index in [4.69, 9.17) is 5.73 Å². The fourth-order valence-corrected chi connectivity index (χ4v) is 3.31. The molecule has 0 fully saturated rings. The highest BCUT2D eigenvalue weighted by Crippen LogP contribution is 2.22. The molecule has 130 valence electrons. The van der Waals surface area contributed by atoms with Crippen LogP contribution < -0.4 is 11.1 Å². The molecule has 0 aromatic heterocycles. The van der Waals surface area contributed by atoms with Gasteiger partial charge in [-0.1, -0.05) is 42.5 Å². The van der Waals surface area contributed by atoms with Gasteiger partial charge in [0, 0.05) is 16.2 Å². The topological polar surface area (TPSA) is 72.2 Å². The first-order chi connectivity index (χ1) is 12.6. The molecule has 0 saturated carbocycles. The Labute approximate surface area is 156 Å². The number of primary amides is 1. The SMILES string of the molecule is NC(=O)c1ccccc1NC(=O)c1ccc(CSc2ccccc2)cc1. The molecule has 3 N–H and O–H groups in total. The van der Waals surface area contributed by atoms with E-state index in [-0.39, 0.29) is 11.5 Å². The number of thioether (sulfide) groups is 1. The van der Waals surface area contributed by atoms with Crippen molar-refractivity contribution >= 4 is 29.3 Å². The number of hydrogen-bond donors (Lipinski definition) is 2. The number of benzene rings is 3. The molecule has 0 saturated heterocycles. The Morgan fingerprint density at radius 1 is 0.846 bits per heavy atom. The monoisotopic (exact) mass is 362 g/mol. The second-order valence-corrected chi connectivity index (χ2v) is 6.71. The summed E-state index contributed by atoms with van der Waals surface area (Å²) in [6.45, 7) is 0. The number of rotatable bonds is 6. The van der Waals surface area contributed by atoms with Crippen molar-refractivity contribution in [3.63, 3.8) is 0 Å². The average Bonchev–Trinajstić information content (AvgIpc) is 2.68. The van der Waals surface area contributed by atoms with Gasteiger partial charge in [0.15, 0.2) is 0 Å². The summed E-state index contributed by atoms with van der Waals surface area (Å²) in [7, 11) is 0. The first kappa shape index (κ1) is 17.8. The number of para-hydroxylation sites is 1. The van der Waals surface area contributed by atoms with E-state index in [2.05, 4.69) is 17.4 Å². The third-order valence-electron chi connectivity index (χ3n) is 3.81. The Bertz CT molecular complexity index is 909. The van der Waals surface area contributed by atoms with Gasteiger partial charge in [0.1, 0.15) is 0 Å². The molecular formula is C21H18N2O2S. The van der Waals surface area contributed by atoms with E-state index in [1.165, 1.54) is 4.90 Å². The predicted molar refractivity (Wildman–Crippen MR) is 105 cm³/mol. The molecule has 3 rings (SSSR count). The maximum Gasteiger partial charge on any atom is 0.255 e. The molecule has 0 bridgehead atoms. The van der Waals surface area contributed by atoms with E-state index < -0.39 is 5.91 Å². The summed E-state index contributed by atoms with van der Waals surface area (Å²) in [5, 5.41) is 2.74. The van der Waals surface area contributed by atoms with Gasteiger partial charge in [-0.2, -0.15) is 0 Å². The Morgan fingerprint density at radius 3 is 2.19 bits per heavy atom. The average molecular weight is 362 g/mol. The number of carbonyl (C=O) groups excluding carboxylic acids is 2. The lowest BCUT2D eigenvalue weighted by atomic mass is 10.1. The summed E-state index contributed by atoms with van der Waals surface area (Å²) in [5.41, 5.74) is 7.70. The quantitative estimate of drug-likeness (QED) is 0.641. The number of carbonyl (C=O) groups is 2. The molecule has 0 spiro atoms. The number of anilines is 1. The molecule has 3 aromatic carbocycles. The lowest BCUT2D eigenvalue weighted by Gasteiger charge is -2.09. The number of amides is 2. The molecule has 0 radical (unpaired) electrons. The molecule has 3 aromatic rings. The van der Waals surface area contributed by atoms with Crippen LogP contribution in [0.5, 0.6) is 0 Å². The summed E-state index contributed by atoms with van der Waals surface area (Å²) in [4.78, 5) is 25.1. The molecule has 0 aliphatic heterocycles. The molecule has 5 heteroatoms. The Hall–Kier alpha value is -3.05. The van der Waals surface area contributed by atoms with Gasteiger partial charge in [-0.05, 0) is 42.0 Å². The number of nitrogens with two attached hydrogens (primary N) is 1. The zero-order valence-corrected chi connectivity index (χ0v) is 14.8. The van der Waals surface area contributed by atoms with Crippen LogP contribution in [0.25, 0.3) is 0 Å². The third kappa shape index (κ3) is 4.52. The summed E-state index contributed by atoms with van der Waals surface area (Å²) >= 11 is 1.74. The van der Waals surface area contributed by atoms with Crippen molar-refractivity contribution in [1.29, 1.82) is 0 Å². The second kappa shape index (κ2) is 8.36. The highest BCUT2D eigenvalue weighted by Gasteiger charge is 2.11. The lowest BCUT2D eigenvalue weighted by Crippen LogP contribution is -2.18. The van der Waals surface area contributed by atoms with E-state index in [1.807, 2.05) is 30.3 Å². The van der Waals surface area contributed by atoms with Crippen LogP contribution in [-0.2, 0) is 5.75 Å². The third-order valence-corrected chi connectivity index (χ3v) is 4.89. The van der Waals surface area contributed by atoms with E-state index in [1.54, 1.807) is 48.2 Å². The van der Waals surface area contributed by atoms with Crippen LogP contribution in [0.1, 0.15) is 26.3 Å². The lowest BCUT2D eigenvalue weighted by molar-refractivity contribution is 0.100. The zero-order valence-electron chi connectivity index (χ0n) is 14.0. The van der Waals surface area contributed by atoms with Crippen LogP contribution in [0.15, 0.2) is 83.8 Å². The largest absolute Gasteiger partial charge is 0.366 e. The minimum atomic E-state index is -0.575. The highest BCUT2D eigenvalue weighted by atomic mass is 32.2. The van der Waals surface area contributed by atoms with Crippen molar-refractivity contribution in [1.82, 2.24) is 0 Å². The maximum absolute atomic E-state index is 12.4. The van der Waals surface area contributed by atoms with Gasteiger partial charge in [-0.3, -0.25) is 9.59 Å². The molecule has 4 nitrogen and oxygen atoms in total. The molecule has 0 atom stereocenters. The van der Waals surface area contributed by atoms with Crippen LogP contribution >= 0.6 is 11.8 Å². The maximum atomic E-state index is 12.4. The van der Waals surface area contributed by atoms with Crippen molar-refractivity contribution in [2.75, 3.05) is 5.32 Å². The van der Waals surface area contributed by atoms with Crippen LogP contribution in [0.4, 0.5) is 5.69 Å².